The minimum Gasteiger partial charge on any atom is -0.482 e. The first kappa shape index (κ1) is 11.2. The van der Waals surface area contributed by atoms with Crippen molar-refractivity contribution in [2.75, 3.05) is 19.8 Å². The molecule has 0 aromatic heterocycles. The summed E-state index contributed by atoms with van der Waals surface area (Å²) in [7, 11) is 0. The van der Waals surface area contributed by atoms with Crippen LogP contribution in [-0.4, -0.2) is 31.8 Å². The van der Waals surface area contributed by atoms with E-state index in [1.807, 2.05) is 0 Å². The topological polar surface area (TPSA) is 47.6 Å². The fraction of sp³-hybridized carbons (Fsp3) is 0.364. The predicted molar refractivity (Wildman–Crippen MR) is 59.7 cm³/mol. The molecule has 2 rings (SSSR count). The highest BCUT2D eigenvalue weighted by molar-refractivity contribution is 6.32. The van der Waals surface area contributed by atoms with Crippen LogP contribution in [-0.2, 0) is 9.53 Å². The number of nitrogens with one attached hydrogen (secondary N) is 1. The van der Waals surface area contributed by atoms with Gasteiger partial charge in [-0.25, -0.2) is 0 Å². The van der Waals surface area contributed by atoms with Crippen molar-refractivity contribution < 1.29 is 14.3 Å². The van der Waals surface area contributed by atoms with Gasteiger partial charge in [-0.2, -0.15) is 0 Å². The Bertz CT molecular complexity index is 379. The molecule has 5 heteroatoms. The Balaban J connectivity index is 1.78. The molecular formula is C11H12ClNO3. The van der Waals surface area contributed by atoms with Crippen molar-refractivity contribution in [3.8, 4) is 5.75 Å². The van der Waals surface area contributed by atoms with Gasteiger partial charge in [0, 0.05) is 0 Å². The van der Waals surface area contributed by atoms with E-state index in [0.29, 0.717) is 24.0 Å². The van der Waals surface area contributed by atoms with Gasteiger partial charge in [0.25, 0.3) is 5.91 Å². The van der Waals surface area contributed by atoms with E-state index in [2.05, 4.69) is 5.32 Å². The van der Waals surface area contributed by atoms with Crippen molar-refractivity contribution in [3.63, 3.8) is 0 Å². The van der Waals surface area contributed by atoms with Gasteiger partial charge < -0.3 is 14.8 Å². The third-order valence-corrected chi connectivity index (χ3v) is 2.51. The van der Waals surface area contributed by atoms with E-state index in [4.69, 9.17) is 21.1 Å². The molecule has 1 amide bonds. The Hall–Kier alpha value is -1.26. The maximum Gasteiger partial charge on any atom is 0.258 e. The number of ether oxygens (including phenoxy) is 2. The largest absolute Gasteiger partial charge is 0.482 e. The quantitative estimate of drug-likeness (QED) is 0.863. The molecule has 1 aliphatic rings. The summed E-state index contributed by atoms with van der Waals surface area (Å²) in [5.41, 5.74) is 0. The average molecular weight is 242 g/mol. The molecule has 16 heavy (non-hydrogen) atoms. The number of rotatable bonds is 4. The molecule has 1 heterocycles. The number of benzene rings is 1. The second-order valence-electron chi connectivity index (χ2n) is 3.52. The monoisotopic (exact) mass is 241 g/mol. The first-order valence-electron chi connectivity index (χ1n) is 5.00. The van der Waals surface area contributed by atoms with Crippen LogP contribution in [0.5, 0.6) is 5.75 Å². The number of halogens is 1. The average Bonchev–Trinajstić information content (AvgIpc) is 2.22. The van der Waals surface area contributed by atoms with E-state index in [-0.39, 0.29) is 18.6 Å². The van der Waals surface area contributed by atoms with Gasteiger partial charge in [-0.15, -0.1) is 0 Å². The third-order valence-electron chi connectivity index (χ3n) is 2.20. The van der Waals surface area contributed by atoms with Gasteiger partial charge in [0.05, 0.1) is 24.3 Å². The molecule has 0 aliphatic carbocycles. The van der Waals surface area contributed by atoms with Crippen LogP contribution in [0.3, 0.4) is 0 Å². The van der Waals surface area contributed by atoms with E-state index < -0.39 is 0 Å². The zero-order valence-electron chi connectivity index (χ0n) is 8.61. The second kappa shape index (κ2) is 5.18. The van der Waals surface area contributed by atoms with E-state index in [1.165, 1.54) is 0 Å². The molecule has 0 spiro atoms. The second-order valence-corrected chi connectivity index (χ2v) is 3.93. The minimum absolute atomic E-state index is 0.0275. The lowest BCUT2D eigenvalue weighted by atomic mass is 10.2. The highest BCUT2D eigenvalue weighted by atomic mass is 35.5. The van der Waals surface area contributed by atoms with Gasteiger partial charge in [-0.3, -0.25) is 4.79 Å². The van der Waals surface area contributed by atoms with Crippen molar-refractivity contribution in [3.05, 3.63) is 29.3 Å². The number of hydrogen-bond acceptors (Lipinski definition) is 3. The smallest absolute Gasteiger partial charge is 0.258 e. The maximum atomic E-state index is 11.4. The number of hydrogen-bond donors (Lipinski definition) is 1. The summed E-state index contributed by atoms with van der Waals surface area (Å²) in [6.45, 7) is 1.13. The first-order chi connectivity index (χ1) is 7.75. The minimum atomic E-state index is -0.159. The Labute approximate surface area is 98.5 Å². The molecule has 0 unspecified atom stereocenters. The van der Waals surface area contributed by atoms with Gasteiger partial charge in [0.15, 0.2) is 6.61 Å². The number of carbonyl (C=O) groups excluding carboxylic acids is 1. The fourth-order valence-electron chi connectivity index (χ4n) is 1.29. The van der Waals surface area contributed by atoms with Crippen molar-refractivity contribution in [1.82, 2.24) is 5.32 Å². The van der Waals surface area contributed by atoms with Crippen molar-refractivity contribution in [2.24, 2.45) is 0 Å². The van der Waals surface area contributed by atoms with Crippen molar-refractivity contribution in [2.45, 2.75) is 6.04 Å². The Morgan fingerprint density at radius 2 is 2.25 bits per heavy atom. The van der Waals surface area contributed by atoms with Crippen LogP contribution in [0.4, 0.5) is 0 Å². The summed E-state index contributed by atoms with van der Waals surface area (Å²) < 4.78 is 10.2. The zero-order chi connectivity index (χ0) is 11.4. The molecule has 86 valence electrons. The predicted octanol–water partition coefficient (Wildman–Crippen LogP) is 1.23. The van der Waals surface area contributed by atoms with Crippen LogP contribution in [0.15, 0.2) is 24.3 Å². The highest BCUT2D eigenvalue weighted by Gasteiger charge is 2.20. The number of para-hydroxylation sites is 1. The summed E-state index contributed by atoms with van der Waals surface area (Å²) in [6, 6.07) is 7.18. The van der Waals surface area contributed by atoms with Crippen LogP contribution in [0, 0.1) is 0 Å². The zero-order valence-corrected chi connectivity index (χ0v) is 9.37. The van der Waals surface area contributed by atoms with Crippen LogP contribution < -0.4 is 10.1 Å². The summed E-state index contributed by atoms with van der Waals surface area (Å²) >= 11 is 5.88. The lowest BCUT2D eigenvalue weighted by Crippen LogP contribution is -2.49. The molecule has 1 aromatic carbocycles. The van der Waals surface area contributed by atoms with Crippen LogP contribution in [0.25, 0.3) is 0 Å². The Morgan fingerprint density at radius 3 is 2.88 bits per heavy atom. The summed E-state index contributed by atoms with van der Waals surface area (Å²) in [6.07, 6.45) is 0. The SMILES string of the molecule is O=C(COc1ccccc1Cl)NC1COC1. The van der Waals surface area contributed by atoms with E-state index >= 15 is 0 Å². The summed E-state index contributed by atoms with van der Waals surface area (Å²) in [5, 5.41) is 3.28. The van der Waals surface area contributed by atoms with Gasteiger partial charge in [0.2, 0.25) is 0 Å². The number of amides is 1. The maximum absolute atomic E-state index is 11.4. The molecule has 1 aromatic rings. The molecule has 0 radical (unpaired) electrons. The Kier molecular flexibility index (Phi) is 3.64. The Morgan fingerprint density at radius 1 is 1.50 bits per heavy atom. The lowest BCUT2D eigenvalue weighted by molar-refractivity contribution is -0.127. The number of carbonyl (C=O) groups is 1. The summed E-state index contributed by atoms with van der Waals surface area (Å²) in [4.78, 5) is 11.4. The molecule has 1 saturated heterocycles. The standard InChI is InChI=1S/C11H12ClNO3/c12-9-3-1-2-4-10(9)16-7-11(14)13-8-5-15-6-8/h1-4,8H,5-7H2,(H,13,14). The fourth-order valence-corrected chi connectivity index (χ4v) is 1.48. The van der Waals surface area contributed by atoms with Crippen molar-refractivity contribution >= 4 is 17.5 Å². The van der Waals surface area contributed by atoms with Gasteiger partial charge in [-0.1, -0.05) is 23.7 Å². The van der Waals surface area contributed by atoms with E-state index in [1.54, 1.807) is 24.3 Å². The molecule has 4 nitrogen and oxygen atoms in total. The molecule has 1 fully saturated rings. The van der Waals surface area contributed by atoms with Gasteiger partial charge in [0.1, 0.15) is 5.75 Å². The van der Waals surface area contributed by atoms with E-state index in [9.17, 15) is 4.79 Å². The molecule has 0 atom stereocenters. The van der Waals surface area contributed by atoms with Gasteiger partial charge >= 0.3 is 0 Å². The normalized spacial score (nSPS) is 15.3. The molecule has 1 N–H and O–H groups in total. The summed E-state index contributed by atoms with van der Waals surface area (Å²) in [5.74, 6) is 0.359. The van der Waals surface area contributed by atoms with E-state index in [0.717, 1.165) is 0 Å². The highest BCUT2D eigenvalue weighted by Crippen LogP contribution is 2.22. The lowest BCUT2D eigenvalue weighted by Gasteiger charge is -2.26. The molecule has 0 saturated carbocycles. The molecular weight excluding hydrogens is 230 g/mol. The van der Waals surface area contributed by atoms with Crippen LogP contribution >= 0.6 is 11.6 Å². The third kappa shape index (κ3) is 2.87. The van der Waals surface area contributed by atoms with Crippen molar-refractivity contribution in [1.29, 1.82) is 0 Å². The first-order valence-corrected chi connectivity index (χ1v) is 5.38. The molecule has 0 bridgehead atoms. The van der Waals surface area contributed by atoms with Crippen LogP contribution in [0.1, 0.15) is 0 Å². The van der Waals surface area contributed by atoms with Crippen LogP contribution in [0.2, 0.25) is 5.02 Å². The molecule has 1 aliphatic heterocycles. The van der Waals surface area contributed by atoms with Gasteiger partial charge in [-0.05, 0) is 12.1 Å².